The number of fused-ring (bicyclic) bond motifs is 2. The fourth-order valence-electron chi connectivity index (χ4n) is 5.68. The maximum Gasteiger partial charge on any atom is 0.243 e. The number of benzene rings is 3. The van der Waals surface area contributed by atoms with Crippen molar-refractivity contribution in [3.8, 4) is 11.5 Å². The summed E-state index contributed by atoms with van der Waals surface area (Å²) in [5.41, 5.74) is 2.22. The Hall–Kier alpha value is -3.60. The fraction of sp³-hybridized carbons (Fsp3) is 0.375. The Labute approximate surface area is 256 Å². The molecule has 3 aromatic rings. The van der Waals surface area contributed by atoms with E-state index in [2.05, 4.69) is 5.32 Å². The molecule has 1 aliphatic carbocycles. The number of rotatable bonds is 7. The van der Waals surface area contributed by atoms with Crippen LogP contribution in [0.2, 0.25) is 5.02 Å². The average molecular weight is 624 g/mol. The number of amides is 2. The van der Waals surface area contributed by atoms with Gasteiger partial charge in [0.1, 0.15) is 17.6 Å². The van der Waals surface area contributed by atoms with Crippen molar-refractivity contribution in [2.75, 3.05) is 32.1 Å². The average Bonchev–Trinajstić information content (AvgIpc) is 3.85. The molecule has 9 nitrogen and oxygen atoms in total. The molecule has 6 rings (SSSR count). The molecule has 2 atom stereocenters. The second-order valence-corrected chi connectivity index (χ2v) is 13.8. The molecule has 0 spiro atoms. The van der Waals surface area contributed by atoms with Crippen molar-refractivity contribution < 1.29 is 27.5 Å². The number of anilines is 1. The predicted molar refractivity (Wildman–Crippen MR) is 163 cm³/mol. The molecule has 3 aliphatic rings. The summed E-state index contributed by atoms with van der Waals surface area (Å²) in [5.74, 6) is 1.11. The highest BCUT2D eigenvalue weighted by atomic mass is 35.5. The predicted octanol–water partition coefficient (Wildman–Crippen LogP) is 4.74. The van der Waals surface area contributed by atoms with Crippen LogP contribution in [0.15, 0.2) is 71.6 Å². The number of methoxy groups -OCH3 is 1. The molecule has 2 amide bonds. The maximum atomic E-state index is 13.8. The van der Waals surface area contributed by atoms with Crippen LogP contribution in [0.5, 0.6) is 11.5 Å². The van der Waals surface area contributed by atoms with Crippen molar-refractivity contribution in [3.05, 3.63) is 82.9 Å². The van der Waals surface area contributed by atoms with E-state index in [0.29, 0.717) is 48.1 Å². The zero-order valence-corrected chi connectivity index (χ0v) is 25.4. The second kappa shape index (κ2) is 12.2. The number of halogens is 1. The number of nitrogens with one attached hydrogen (secondary N) is 1. The van der Waals surface area contributed by atoms with Crippen molar-refractivity contribution in [1.82, 2.24) is 9.21 Å². The molecular weight excluding hydrogens is 590 g/mol. The van der Waals surface area contributed by atoms with Crippen LogP contribution in [0.25, 0.3) is 0 Å². The van der Waals surface area contributed by atoms with E-state index in [4.69, 9.17) is 21.1 Å². The van der Waals surface area contributed by atoms with Crippen LogP contribution in [0.4, 0.5) is 5.69 Å². The Balaban J connectivity index is 1.30. The van der Waals surface area contributed by atoms with Crippen molar-refractivity contribution >= 4 is 39.1 Å². The van der Waals surface area contributed by atoms with Crippen LogP contribution < -0.4 is 14.8 Å². The monoisotopic (exact) mass is 623 g/mol. The van der Waals surface area contributed by atoms with Gasteiger partial charge in [-0.15, -0.1) is 0 Å². The zero-order valence-electron chi connectivity index (χ0n) is 23.9. The fourth-order valence-corrected chi connectivity index (χ4v) is 7.27. The molecule has 0 unspecified atom stereocenters. The summed E-state index contributed by atoms with van der Waals surface area (Å²) in [5, 5.41) is 3.42. The number of carbonyl (C=O) groups excluding carboxylic acids is 2. The minimum Gasteiger partial charge on any atom is -0.497 e. The van der Waals surface area contributed by atoms with Crippen molar-refractivity contribution in [2.24, 2.45) is 11.8 Å². The second-order valence-electron chi connectivity index (χ2n) is 11.4. The Morgan fingerprint density at radius 2 is 1.77 bits per heavy atom. The minimum absolute atomic E-state index is 0.0215. The summed E-state index contributed by atoms with van der Waals surface area (Å²) in [6.45, 7) is 1.26. The molecule has 226 valence electrons. The number of ether oxygens (including phenoxy) is 2. The highest BCUT2D eigenvalue weighted by molar-refractivity contribution is 7.89. The molecular formula is C32H34ClN3O6S. The van der Waals surface area contributed by atoms with Gasteiger partial charge in [-0.3, -0.25) is 9.59 Å². The van der Waals surface area contributed by atoms with Crippen molar-refractivity contribution in [1.29, 1.82) is 0 Å². The Morgan fingerprint density at radius 1 is 1.02 bits per heavy atom. The number of hydrogen-bond donors (Lipinski definition) is 1. The largest absolute Gasteiger partial charge is 0.497 e. The molecule has 43 heavy (non-hydrogen) atoms. The number of sulfonamides is 1. The van der Waals surface area contributed by atoms with E-state index in [0.717, 1.165) is 24.2 Å². The van der Waals surface area contributed by atoms with E-state index in [1.54, 1.807) is 37.4 Å². The van der Waals surface area contributed by atoms with E-state index < -0.39 is 16.1 Å². The van der Waals surface area contributed by atoms with Crippen LogP contribution in [-0.2, 0) is 32.6 Å². The van der Waals surface area contributed by atoms with Gasteiger partial charge < -0.3 is 19.7 Å². The summed E-state index contributed by atoms with van der Waals surface area (Å²) < 4.78 is 40.4. The first-order chi connectivity index (χ1) is 20.7. The molecule has 2 heterocycles. The summed E-state index contributed by atoms with van der Waals surface area (Å²) >= 11 is 6.00. The van der Waals surface area contributed by atoms with E-state index >= 15 is 0 Å². The van der Waals surface area contributed by atoms with Crippen LogP contribution in [0.1, 0.15) is 30.4 Å². The van der Waals surface area contributed by atoms with Gasteiger partial charge in [0.15, 0.2) is 0 Å². The van der Waals surface area contributed by atoms with Gasteiger partial charge in [0.25, 0.3) is 0 Å². The summed E-state index contributed by atoms with van der Waals surface area (Å²) in [7, 11) is -2.17. The lowest BCUT2D eigenvalue weighted by atomic mass is 9.94. The van der Waals surface area contributed by atoms with Crippen LogP contribution in [-0.4, -0.2) is 62.3 Å². The molecule has 11 heteroatoms. The molecule has 0 radical (unpaired) electrons. The summed E-state index contributed by atoms with van der Waals surface area (Å²) in [6.07, 6.45) is 1.89. The molecule has 2 aliphatic heterocycles. The third-order valence-electron chi connectivity index (χ3n) is 8.35. The van der Waals surface area contributed by atoms with Gasteiger partial charge >= 0.3 is 0 Å². The molecule has 0 bridgehead atoms. The standard InChI is InChI=1S/C32H34ClN3O6S/c1-41-27-9-2-21(3-10-27)18-35-19-23-14-15-36(43(39,40)28-11-6-25(33)7-12-28)20-30(23)42-29-13-8-26(16-24(29)17-31(35)37)34-32(38)22-4-5-22/h2-3,6-13,16,22-23,30H,4-5,14-15,17-20H2,1H3,(H,34,38)/t23-,30-/m0/s1. The molecule has 2 fully saturated rings. The van der Waals surface area contributed by atoms with Gasteiger partial charge in [-0.25, -0.2) is 8.42 Å². The highest BCUT2D eigenvalue weighted by Gasteiger charge is 2.39. The number of carbonyl (C=O) groups is 2. The lowest BCUT2D eigenvalue weighted by molar-refractivity contribution is -0.132. The van der Waals surface area contributed by atoms with E-state index in [9.17, 15) is 18.0 Å². The summed E-state index contributed by atoms with van der Waals surface area (Å²) in [4.78, 5) is 28.3. The number of nitrogens with zero attached hydrogens (tertiary/aromatic N) is 2. The first-order valence-electron chi connectivity index (χ1n) is 14.5. The van der Waals surface area contributed by atoms with Gasteiger partial charge in [-0.05, 0) is 79.4 Å². The number of piperidine rings is 1. The quantitative estimate of drug-likeness (QED) is 0.408. The first kappa shape index (κ1) is 29.5. The van der Waals surface area contributed by atoms with Gasteiger partial charge in [-0.1, -0.05) is 23.7 Å². The SMILES string of the molecule is COc1ccc(CN2C[C@@H]3CCN(S(=O)(=O)c4ccc(Cl)cc4)C[C@@H]3Oc3ccc(NC(=O)C4CC4)cc3CC2=O)cc1. The minimum atomic E-state index is -3.78. The van der Waals surface area contributed by atoms with Gasteiger partial charge in [0, 0.05) is 47.7 Å². The Morgan fingerprint density at radius 3 is 2.47 bits per heavy atom. The topological polar surface area (TPSA) is 105 Å². The Kier molecular flexibility index (Phi) is 8.35. The van der Waals surface area contributed by atoms with Crippen molar-refractivity contribution in [2.45, 2.75) is 43.2 Å². The van der Waals surface area contributed by atoms with E-state index in [-0.39, 0.29) is 41.5 Å². The molecule has 3 aromatic carbocycles. The molecule has 1 saturated heterocycles. The van der Waals surface area contributed by atoms with Gasteiger partial charge in [0.2, 0.25) is 21.8 Å². The normalized spacial score (nSPS) is 21.0. The molecule has 0 aromatic heterocycles. The number of hydrogen-bond acceptors (Lipinski definition) is 6. The summed E-state index contributed by atoms with van der Waals surface area (Å²) in [6, 6.07) is 19.1. The van der Waals surface area contributed by atoms with Crippen LogP contribution in [0.3, 0.4) is 0 Å². The van der Waals surface area contributed by atoms with Gasteiger partial charge in [0.05, 0.1) is 25.0 Å². The van der Waals surface area contributed by atoms with Crippen molar-refractivity contribution in [3.63, 3.8) is 0 Å². The van der Waals surface area contributed by atoms with Crippen LogP contribution in [0, 0.1) is 11.8 Å². The molecule has 1 N–H and O–H groups in total. The third kappa shape index (κ3) is 6.66. The van der Waals surface area contributed by atoms with Crippen LogP contribution >= 0.6 is 11.6 Å². The zero-order chi connectivity index (χ0) is 30.1. The van der Waals surface area contributed by atoms with Gasteiger partial charge in [-0.2, -0.15) is 4.31 Å². The lowest BCUT2D eigenvalue weighted by Crippen LogP contribution is -2.52. The first-order valence-corrected chi connectivity index (χ1v) is 16.3. The maximum absolute atomic E-state index is 13.8. The third-order valence-corrected chi connectivity index (χ3v) is 10.5. The van der Waals surface area contributed by atoms with E-state index in [1.165, 1.54) is 16.4 Å². The Bertz CT molecular complexity index is 1610. The molecule has 1 saturated carbocycles. The smallest absolute Gasteiger partial charge is 0.243 e. The van der Waals surface area contributed by atoms with E-state index in [1.807, 2.05) is 29.2 Å². The lowest BCUT2D eigenvalue weighted by Gasteiger charge is -2.39. The highest BCUT2D eigenvalue weighted by Crippen LogP contribution is 2.35.